The molecule has 0 unspecified atom stereocenters. The molecule has 0 spiro atoms. The number of unbranched alkanes of at least 4 members (excludes halogenated alkanes) is 4. The van der Waals surface area contributed by atoms with Gasteiger partial charge in [0.25, 0.3) is 0 Å². The molecule has 42 heavy (non-hydrogen) atoms. The maximum atomic E-state index is 9.38. The van der Waals surface area contributed by atoms with Crippen molar-refractivity contribution >= 4 is 42.3 Å². The van der Waals surface area contributed by atoms with Crippen LogP contribution >= 0.6 is 0 Å². The monoisotopic (exact) mass is 806 g/mol. The molecule has 10 heteroatoms. The quantitative estimate of drug-likeness (QED) is 0.0843. The van der Waals surface area contributed by atoms with Gasteiger partial charge in [-0.2, -0.15) is 0 Å². The van der Waals surface area contributed by atoms with Crippen LogP contribution in [0.5, 0.6) is 11.5 Å². The van der Waals surface area contributed by atoms with Crippen molar-refractivity contribution in [2.75, 3.05) is 0 Å². The first-order valence-electron chi connectivity index (χ1n) is 15.4. The van der Waals surface area contributed by atoms with Crippen LogP contribution in [0.1, 0.15) is 113 Å². The number of hydrogen-bond donors (Lipinski definition) is 6. The van der Waals surface area contributed by atoms with Crippen LogP contribution in [0, 0.1) is 13.8 Å². The van der Waals surface area contributed by atoms with Crippen LogP contribution in [0.25, 0.3) is 0 Å². The predicted octanol–water partition coefficient (Wildman–Crippen LogP) is 6.42. The first-order valence-corrected chi connectivity index (χ1v) is 23.5. The average Bonchev–Trinajstić information content (AvgIpc) is 3.00. The molecule has 0 amide bonds. The minimum Gasteiger partial charge on any atom is -0.506 e. The van der Waals surface area contributed by atoms with Crippen molar-refractivity contribution < 1.29 is 30.6 Å². The molecule has 0 aliphatic rings. The van der Waals surface area contributed by atoms with Gasteiger partial charge < -0.3 is 30.6 Å². The maximum Gasteiger partial charge on any atom is 0.142 e. The zero-order chi connectivity index (χ0) is 32.2. The number of hydrogen-bond acceptors (Lipinski definition) is 8. The van der Waals surface area contributed by atoms with Crippen LogP contribution in [0.15, 0.2) is 12.4 Å². The van der Waals surface area contributed by atoms with Gasteiger partial charge in [0.05, 0.1) is 37.8 Å². The van der Waals surface area contributed by atoms with Crippen molar-refractivity contribution in [2.24, 2.45) is 0 Å². The number of aromatic hydroxyl groups is 2. The third kappa shape index (κ3) is 20.3. The Morgan fingerprint density at radius 2 is 0.810 bits per heavy atom. The zero-order valence-corrected chi connectivity index (χ0v) is 32.8. The van der Waals surface area contributed by atoms with E-state index in [-0.39, 0.29) is 80.2 Å². The minimum atomic E-state index is -0.287. The normalized spacial score (nSPS) is 10.1. The number of nitrogens with zero attached hydrogens (tertiary/aromatic N) is 2. The fourth-order valence-electron chi connectivity index (χ4n) is 3.45. The first-order chi connectivity index (χ1) is 20.2. The number of aromatic nitrogens is 2. The van der Waals surface area contributed by atoms with Crippen LogP contribution in [0.4, 0.5) is 0 Å². The van der Waals surface area contributed by atoms with Crippen LogP contribution in [-0.2, 0) is 26.4 Å². The van der Waals surface area contributed by atoms with E-state index >= 15 is 0 Å². The van der Waals surface area contributed by atoms with E-state index in [9.17, 15) is 10.2 Å². The second kappa shape index (κ2) is 30.4. The van der Waals surface area contributed by atoms with E-state index in [0.29, 0.717) is 33.6 Å². The number of aliphatic hydroxyl groups is 4. The third-order valence-electron chi connectivity index (χ3n) is 6.35. The zero-order valence-electron chi connectivity index (χ0n) is 27.0. The molecule has 8 nitrogen and oxygen atoms in total. The van der Waals surface area contributed by atoms with Gasteiger partial charge in [0.1, 0.15) is 11.5 Å². The first kappa shape index (κ1) is 43.5. The van der Waals surface area contributed by atoms with E-state index in [2.05, 4.69) is 37.7 Å². The van der Waals surface area contributed by atoms with Crippen LogP contribution in [0.2, 0.25) is 17.7 Å². The van der Waals surface area contributed by atoms with Crippen molar-refractivity contribution in [3.63, 3.8) is 0 Å². The predicted molar refractivity (Wildman–Crippen MR) is 175 cm³/mol. The largest absolute Gasteiger partial charge is 0.506 e. The molecule has 0 atom stereocenters. The molecule has 6 N–H and O–H groups in total. The standard InChI is InChI=1S/2C8H11NO3.4C4H9.2Sn/c2*1-5-8(12)7(4-11)6(3-10)2-9-5;4*1-3-4-2;;/h2*2,10-12H,3-4H2,1H3;4*1,3-4H2,2H3;;. The van der Waals surface area contributed by atoms with Crippen molar-refractivity contribution in [3.05, 3.63) is 46.0 Å². The molecule has 4 radical (unpaired) electrons. The molecule has 240 valence electrons. The summed E-state index contributed by atoms with van der Waals surface area (Å²) in [6.07, 6.45) is 14.6. The van der Waals surface area contributed by atoms with Gasteiger partial charge in [-0.15, -0.1) is 0 Å². The Hall–Kier alpha value is -0.663. The molecule has 0 aromatic carbocycles. The van der Waals surface area contributed by atoms with E-state index in [0.717, 1.165) is 0 Å². The van der Waals surface area contributed by atoms with Crippen LogP contribution in [-0.4, -0.2) is 82.9 Å². The maximum absolute atomic E-state index is 9.38. The molecule has 0 fully saturated rings. The number of pyridine rings is 2. The topological polar surface area (TPSA) is 147 Å². The van der Waals surface area contributed by atoms with Gasteiger partial charge >= 0.3 is 139 Å². The second-order valence-corrected chi connectivity index (χ2v) is 18.5. The van der Waals surface area contributed by atoms with E-state index < -0.39 is 0 Å². The summed E-state index contributed by atoms with van der Waals surface area (Å²) in [5.74, 6) is -0.0758. The van der Waals surface area contributed by atoms with Crippen molar-refractivity contribution in [2.45, 2.75) is 137 Å². The van der Waals surface area contributed by atoms with Gasteiger partial charge in [0.2, 0.25) is 0 Å². The third-order valence-corrected chi connectivity index (χ3v) is 14.4. The number of aliphatic hydroxyl groups excluding tert-OH is 4. The fraction of sp³-hybridized carbons (Fsp3) is 0.688. The molecule has 0 saturated heterocycles. The van der Waals surface area contributed by atoms with Gasteiger partial charge in [-0.3, -0.25) is 9.97 Å². The van der Waals surface area contributed by atoms with Gasteiger partial charge in [0.15, 0.2) is 0 Å². The Labute approximate surface area is 275 Å². The summed E-state index contributed by atoms with van der Waals surface area (Å²) in [4.78, 5) is 7.67. The molecule has 2 rings (SSSR count). The van der Waals surface area contributed by atoms with E-state index in [1.807, 2.05) is 0 Å². The van der Waals surface area contributed by atoms with Gasteiger partial charge in [-0.1, -0.05) is 0 Å². The van der Waals surface area contributed by atoms with Gasteiger partial charge in [0, 0.05) is 34.6 Å². The summed E-state index contributed by atoms with van der Waals surface area (Å²) in [5, 5.41) is 54.1. The molecular weight excluding hydrogens is 746 g/mol. The smallest absolute Gasteiger partial charge is 0.142 e. The molecule has 0 aliphatic carbocycles. The molecular formula is C32H58N2O6Sn2. The van der Waals surface area contributed by atoms with Crippen LogP contribution in [0.3, 0.4) is 0 Å². The summed E-state index contributed by atoms with van der Waals surface area (Å²) < 4.78 is 6.50. The summed E-state index contributed by atoms with van der Waals surface area (Å²) in [5.41, 5.74) is 2.53. The molecule has 2 heterocycles. The molecule has 2 aromatic heterocycles. The number of aryl methyl sites for hydroxylation is 2. The molecule has 0 bridgehead atoms. The Bertz CT molecular complexity index is 834. The SMILES string of the molecule is CCC[CH2][Sn][CH2]CCC.CCC[CH2][Sn][CH2]CCC.Cc1ncc(CO)c(CO)c1O.Cc1ncc(CO)c(CO)c1O. The molecule has 0 saturated carbocycles. The fourth-order valence-corrected chi connectivity index (χ4v) is 11.8. The van der Waals surface area contributed by atoms with Crippen molar-refractivity contribution in [1.29, 1.82) is 0 Å². The minimum absolute atomic E-state index is 0.0379. The van der Waals surface area contributed by atoms with Crippen molar-refractivity contribution in [3.8, 4) is 11.5 Å². The number of rotatable bonds is 16. The Balaban J connectivity index is 0. The van der Waals surface area contributed by atoms with E-state index in [4.69, 9.17) is 20.4 Å². The Morgan fingerprint density at radius 1 is 0.524 bits per heavy atom. The van der Waals surface area contributed by atoms with E-state index in [1.165, 1.54) is 63.8 Å². The summed E-state index contributed by atoms with van der Waals surface area (Å²) in [6.45, 7) is 11.4. The molecule has 0 aliphatic heterocycles. The Kier molecular flexibility index (Phi) is 31.4. The average molecular weight is 804 g/mol. The van der Waals surface area contributed by atoms with Crippen LogP contribution < -0.4 is 0 Å². The summed E-state index contributed by atoms with van der Waals surface area (Å²) in [6, 6.07) is 0. The van der Waals surface area contributed by atoms with Gasteiger partial charge in [-0.05, 0) is 13.8 Å². The van der Waals surface area contributed by atoms with Gasteiger partial charge in [-0.25, -0.2) is 0 Å². The second-order valence-electron chi connectivity index (χ2n) is 9.94. The molecule has 2 aromatic rings. The Morgan fingerprint density at radius 3 is 1.02 bits per heavy atom. The van der Waals surface area contributed by atoms with E-state index in [1.54, 1.807) is 31.6 Å². The summed E-state index contributed by atoms with van der Waals surface area (Å²) >= 11 is 0.299. The van der Waals surface area contributed by atoms with Crippen molar-refractivity contribution in [1.82, 2.24) is 9.97 Å². The summed E-state index contributed by atoms with van der Waals surface area (Å²) in [7, 11) is 0.